The number of amides is 2. The highest BCUT2D eigenvalue weighted by Crippen LogP contribution is 2.08. The van der Waals surface area contributed by atoms with E-state index in [1.54, 1.807) is 13.0 Å². The van der Waals surface area contributed by atoms with Crippen LogP contribution in [0, 0.1) is 6.92 Å². The van der Waals surface area contributed by atoms with Crippen LogP contribution >= 0.6 is 0 Å². The summed E-state index contributed by atoms with van der Waals surface area (Å²) >= 11 is 0. The van der Waals surface area contributed by atoms with Gasteiger partial charge in [0.1, 0.15) is 5.76 Å². The number of carbonyl (C=O) groups is 1. The quantitative estimate of drug-likeness (QED) is 0.799. The first-order valence-electron chi connectivity index (χ1n) is 6.94. The van der Waals surface area contributed by atoms with Crippen molar-refractivity contribution in [2.45, 2.75) is 32.6 Å². The van der Waals surface area contributed by atoms with Gasteiger partial charge in [0, 0.05) is 12.6 Å². The molecule has 0 unspecified atom stereocenters. The third-order valence-electron chi connectivity index (χ3n) is 3.25. The molecule has 1 fully saturated rings. The van der Waals surface area contributed by atoms with E-state index in [4.69, 9.17) is 4.52 Å². The molecule has 106 valence electrons. The van der Waals surface area contributed by atoms with Gasteiger partial charge in [-0.25, -0.2) is 4.79 Å². The molecule has 0 aliphatic carbocycles. The minimum atomic E-state index is -0.230. The summed E-state index contributed by atoms with van der Waals surface area (Å²) in [4.78, 5) is 14.0. The number of hydrogen-bond acceptors (Lipinski definition) is 4. The molecular formula is C13H22N4O2. The molecule has 1 saturated heterocycles. The van der Waals surface area contributed by atoms with E-state index >= 15 is 0 Å². The first-order chi connectivity index (χ1) is 9.24. The molecule has 0 saturated carbocycles. The van der Waals surface area contributed by atoms with Crippen LogP contribution in [0.25, 0.3) is 0 Å². The number of rotatable bonds is 5. The van der Waals surface area contributed by atoms with Gasteiger partial charge < -0.3 is 14.7 Å². The van der Waals surface area contributed by atoms with Crippen molar-refractivity contribution in [3.63, 3.8) is 0 Å². The van der Waals surface area contributed by atoms with E-state index in [0.29, 0.717) is 18.1 Å². The van der Waals surface area contributed by atoms with E-state index in [1.807, 2.05) is 0 Å². The normalized spacial score (nSPS) is 16.3. The number of nitrogens with zero attached hydrogens (tertiary/aromatic N) is 2. The molecule has 0 radical (unpaired) electrons. The van der Waals surface area contributed by atoms with Crippen molar-refractivity contribution in [2.75, 3.05) is 31.5 Å². The number of aromatic nitrogens is 1. The van der Waals surface area contributed by atoms with Crippen LogP contribution < -0.4 is 10.6 Å². The lowest BCUT2D eigenvalue weighted by molar-refractivity contribution is 0.224. The second-order valence-electron chi connectivity index (χ2n) is 4.96. The van der Waals surface area contributed by atoms with Gasteiger partial charge in [0.2, 0.25) is 0 Å². The number of anilines is 1. The van der Waals surface area contributed by atoms with Gasteiger partial charge in [0.25, 0.3) is 0 Å². The third kappa shape index (κ3) is 4.90. The number of nitrogens with one attached hydrogen (secondary N) is 2. The lowest BCUT2D eigenvalue weighted by Gasteiger charge is -2.26. The van der Waals surface area contributed by atoms with Crippen LogP contribution in [0.5, 0.6) is 0 Å². The zero-order valence-electron chi connectivity index (χ0n) is 11.4. The number of piperidine rings is 1. The molecule has 19 heavy (non-hydrogen) atoms. The van der Waals surface area contributed by atoms with E-state index in [0.717, 1.165) is 13.0 Å². The molecule has 1 aliphatic heterocycles. The summed E-state index contributed by atoms with van der Waals surface area (Å²) in [5, 5.41) is 9.16. The maximum Gasteiger partial charge on any atom is 0.320 e. The van der Waals surface area contributed by atoms with Crippen LogP contribution in [0.15, 0.2) is 10.6 Å². The fourth-order valence-electron chi connectivity index (χ4n) is 2.27. The summed E-state index contributed by atoms with van der Waals surface area (Å²) in [6.07, 6.45) is 4.94. The summed E-state index contributed by atoms with van der Waals surface area (Å²) in [7, 11) is 0. The Morgan fingerprint density at radius 3 is 2.89 bits per heavy atom. The topological polar surface area (TPSA) is 70.4 Å². The van der Waals surface area contributed by atoms with Crippen LogP contribution in [0.1, 0.15) is 31.4 Å². The lowest BCUT2D eigenvalue weighted by Crippen LogP contribution is -2.34. The Hall–Kier alpha value is -1.56. The predicted octanol–water partition coefficient (Wildman–Crippen LogP) is 1.98. The standard InChI is InChI=1S/C13H22N4O2/c1-11-10-12(16-19-11)15-13(18)14-6-5-9-17-7-3-2-4-8-17/h10H,2-9H2,1H3,(H2,14,15,16,18). The average molecular weight is 266 g/mol. The van der Waals surface area contributed by atoms with Crippen LogP contribution in [-0.4, -0.2) is 42.3 Å². The number of carbonyl (C=O) groups excluding carboxylic acids is 1. The Labute approximate surface area is 113 Å². The molecule has 2 heterocycles. The smallest absolute Gasteiger partial charge is 0.320 e. The molecule has 2 N–H and O–H groups in total. The second-order valence-corrected chi connectivity index (χ2v) is 4.96. The maximum absolute atomic E-state index is 11.6. The minimum absolute atomic E-state index is 0.230. The fourth-order valence-corrected chi connectivity index (χ4v) is 2.27. The van der Waals surface area contributed by atoms with E-state index in [2.05, 4.69) is 20.7 Å². The van der Waals surface area contributed by atoms with E-state index in [1.165, 1.54) is 32.4 Å². The molecule has 0 bridgehead atoms. The zero-order valence-corrected chi connectivity index (χ0v) is 11.4. The number of likely N-dealkylation sites (tertiary alicyclic amines) is 1. The third-order valence-corrected chi connectivity index (χ3v) is 3.25. The Kier molecular flexibility index (Phi) is 5.20. The summed E-state index contributed by atoms with van der Waals surface area (Å²) in [6, 6.07) is 1.46. The molecule has 6 nitrogen and oxygen atoms in total. The average Bonchev–Trinajstić information content (AvgIpc) is 2.81. The Bertz CT molecular complexity index is 399. The Balaban J connectivity index is 1.56. The van der Waals surface area contributed by atoms with Gasteiger partial charge in [0.15, 0.2) is 5.82 Å². The van der Waals surface area contributed by atoms with Crippen molar-refractivity contribution in [1.29, 1.82) is 0 Å². The summed E-state index contributed by atoms with van der Waals surface area (Å²) in [5.74, 6) is 1.13. The molecule has 0 atom stereocenters. The summed E-state index contributed by atoms with van der Waals surface area (Å²) in [5.41, 5.74) is 0. The Morgan fingerprint density at radius 2 is 2.21 bits per heavy atom. The number of hydrogen-bond donors (Lipinski definition) is 2. The van der Waals surface area contributed by atoms with Crippen molar-refractivity contribution in [3.05, 3.63) is 11.8 Å². The molecule has 2 amide bonds. The molecule has 1 aliphatic rings. The van der Waals surface area contributed by atoms with Gasteiger partial charge in [-0.15, -0.1) is 0 Å². The SMILES string of the molecule is Cc1cc(NC(=O)NCCCN2CCCCC2)no1. The zero-order chi connectivity index (χ0) is 13.5. The molecule has 0 spiro atoms. The monoisotopic (exact) mass is 266 g/mol. The van der Waals surface area contributed by atoms with Gasteiger partial charge in [-0.3, -0.25) is 5.32 Å². The van der Waals surface area contributed by atoms with Crippen molar-refractivity contribution < 1.29 is 9.32 Å². The lowest BCUT2D eigenvalue weighted by atomic mass is 10.1. The maximum atomic E-state index is 11.6. The number of urea groups is 1. The van der Waals surface area contributed by atoms with Crippen molar-refractivity contribution >= 4 is 11.8 Å². The first-order valence-corrected chi connectivity index (χ1v) is 6.94. The van der Waals surface area contributed by atoms with E-state index in [9.17, 15) is 4.79 Å². The first kappa shape index (κ1) is 13.9. The number of aryl methyl sites for hydroxylation is 1. The molecule has 6 heteroatoms. The molecular weight excluding hydrogens is 244 g/mol. The van der Waals surface area contributed by atoms with Crippen LogP contribution in [0.3, 0.4) is 0 Å². The van der Waals surface area contributed by atoms with Gasteiger partial charge in [0.05, 0.1) is 0 Å². The van der Waals surface area contributed by atoms with Gasteiger partial charge in [-0.05, 0) is 45.8 Å². The van der Waals surface area contributed by atoms with Crippen LogP contribution in [0.4, 0.5) is 10.6 Å². The largest absolute Gasteiger partial charge is 0.360 e. The molecule has 1 aromatic rings. The van der Waals surface area contributed by atoms with E-state index in [-0.39, 0.29) is 6.03 Å². The molecule has 0 aromatic carbocycles. The highest BCUT2D eigenvalue weighted by atomic mass is 16.5. The van der Waals surface area contributed by atoms with Crippen molar-refractivity contribution in [2.24, 2.45) is 0 Å². The Morgan fingerprint density at radius 1 is 1.42 bits per heavy atom. The predicted molar refractivity (Wildman–Crippen MR) is 73.2 cm³/mol. The summed E-state index contributed by atoms with van der Waals surface area (Å²) < 4.78 is 4.87. The molecule has 2 rings (SSSR count). The van der Waals surface area contributed by atoms with E-state index < -0.39 is 0 Å². The fraction of sp³-hybridized carbons (Fsp3) is 0.692. The minimum Gasteiger partial charge on any atom is -0.360 e. The summed E-state index contributed by atoms with van der Waals surface area (Å²) in [6.45, 7) is 5.92. The highest BCUT2D eigenvalue weighted by molar-refractivity contribution is 5.88. The van der Waals surface area contributed by atoms with Crippen LogP contribution in [0.2, 0.25) is 0 Å². The highest BCUT2D eigenvalue weighted by Gasteiger charge is 2.09. The van der Waals surface area contributed by atoms with Gasteiger partial charge in [-0.2, -0.15) is 0 Å². The van der Waals surface area contributed by atoms with Crippen molar-refractivity contribution in [3.8, 4) is 0 Å². The van der Waals surface area contributed by atoms with Crippen LogP contribution in [-0.2, 0) is 0 Å². The van der Waals surface area contributed by atoms with Gasteiger partial charge in [-0.1, -0.05) is 11.6 Å². The van der Waals surface area contributed by atoms with Crippen molar-refractivity contribution in [1.82, 2.24) is 15.4 Å². The second kappa shape index (κ2) is 7.13. The van der Waals surface area contributed by atoms with Gasteiger partial charge >= 0.3 is 6.03 Å². The molecule has 1 aromatic heterocycles.